The van der Waals surface area contributed by atoms with Gasteiger partial charge in [0.1, 0.15) is 5.02 Å². The maximum Gasteiger partial charge on any atom is 0.286 e. The van der Waals surface area contributed by atoms with Crippen LogP contribution < -0.4 is 5.56 Å². The van der Waals surface area contributed by atoms with Gasteiger partial charge in [-0.2, -0.15) is 0 Å². The normalized spacial score (nSPS) is 12.1. The van der Waals surface area contributed by atoms with Crippen LogP contribution in [-0.2, 0) is 5.54 Å². The van der Waals surface area contributed by atoms with Crippen molar-refractivity contribution in [3.05, 3.63) is 21.1 Å². The van der Waals surface area contributed by atoms with Crippen LogP contribution in [0.3, 0.4) is 0 Å². The van der Waals surface area contributed by atoms with Gasteiger partial charge in [0, 0.05) is 0 Å². The average molecular weight is 189 g/mol. The number of halogens is 1. The summed E-state index contributed by atoms with van der Waals surface area (Å²) in [4.78, 5) is 11.4. The molecular weight excluding hydrogens is 176 g/mol. The highest BCUT2D eigenvalue weighted by Gasteiger charge is 2.19. The van der Waals surface area contributed by atoms with E-state index >= 15 is 0 Å². The summed E-state index contributed by atoms with van der Waals surface area (Å²) in [5, 5.41) is 3.21. The summed E-state index contributed by atoms with van der Waals surface area (Å²) in [6.45, 7) is 7.62. The fourth-order valence-corrected chi connectivity index (χ4v) is 1.13. The molecular formula is C8H13ClN2O. The molecule has 3 nitrogen and oxygen atoms in total. The molecule has 4 heteroatoms. The summed E-state index contributed by atoms with van der Waals surface area (Å²) in [7, 11) is 0. The lowest BCUT2D eigenvalue weighted by Gasteiger charge is -2.18. The molecule has 0 unspecified atom stereocenters. The highest BCUT2D eigenvalue weighted by molar-refractivity contribution is 6.31. The smallest absolute Gasteiger partial charge is 0.286 e. The van der Waals surface area contributed by atoms with E-state index in [1.165, 1.54) is 4.68 Å². The Balaban J connectivity index is 3.38. The van der Waals surface area contributed by atoms with Crippen molar-refractivity contribution >= 4 is 11.6 Å². The Morgan fingerprint density at radius 3 is 2.08 bits per heavy atom. The first-order valence-corrected chi connectivity index (χ1v) is 4.19. The van der Waals surface area contributed by atoms with Crippen LogP contribution in [0, 0.1) is 6.92 Å². The number of hydrogen-bond donors (Lipinski definition) is 1. The van der Waals surface area contributed by atoms with E-state index in [0.29, 0.717) is 0 Å². The second kappa shape index (κ2) is 2.66. The Hall–Kier alpha value is -0.700. The van der Waals surface area contributed by atoms with Gasteiger partial charge in [-0.3, -0.25) is 9.89 Å². The summed E-state index contributed by atoms with van der Waals surface area (Å²) in [6, 6.07) is 0. The van der Waals surface area contributed by atoms with Crippen LogP contribution in [0.2, 0.25) is 5.02 Å². The maximum atomic E-state index is 11.4. The summed E-state index contributed by atoms with van der Waals surface area (Å²) in [5.74, 6) is 0. The van der Waals surface area contributed by atoms with Gasteiger partial charge in [0.25, 0.3) is 5.56 Å². The number of rotatable bonds is 0. The minimum atomic E-state index is -0.241. The lowest BCUT2D eigenvalue weighted by molar-refractivity contribution is 0.344. The van der Waals surface area contributed by atoms with Gasteiger partial charge in [0.15, 0.2) is 0 Å². The van der Waals surface area contributed by atoms with Crippen LogP contribution in [0.5, 0.6) is 0 Å². The molecule has 1 heterocycles. The summed E-state index contributed by atoms with van der Waals surface area (Å²) < 4.78 is 1.53. The number of H-pyrrole nitrogens is 1. The quantitative estimate of drug-likeness (QED) is 0.664. The highest BCUT2D eigenvalue weighted by atomic mass is 35.5. The first-order chi connectivity index (χ1) is 5.34. The fourth-order valence-electron chi connectivity index (χ4n) is 0.998. The zero-order valence-corrected chi connectivity index (χ0v) is 8.49. The van der Waals surface area contributed by atoms with Gasteiger partial charge < -0.3 is 0 Å². The Labute approximate surface area is 76.3 Å². The largest absolute Gasteiger partial charge is 0.298 e. The average Bonchev–Trinajstić information content (AvgIpc) is 2.15. The van der Waals surface area contributed by atoms with Crippen molar-refractivity contribution in [1.82, 2.24) is 9.78 Å². The Morgan fingerprint density at radius 2 is 1.92 bits per heavy atom. The third-order valence-electron chi connectivity index (χ3n) is 1.67. The number of aromatic nitrogens is 2. The lowest BCUT2D eigenvalue weighted by atomic mass is 10.1. The van der Waals surface area contributed by atoms with Crippen LogP contribution in [0.1, 0.15) is 26.5 Å². The van der Waals surface area contributed by atoms with Crippen molar-refractivity contribution in [2.45, 2.75) is 33.2 Å². The van der Waals surface area contributed by atoms with Crippen molar-refractivity contribution in [2.24, 2.45) is 0 Å². The van der Waals surface area contributed by atoms with Crippen molar-refractivity contribution in [3.63, 3.8) is 0 Å². The number of aromatic amines is 1. The number of nitrogens with zero attached hydrogens (tertiary/aromatic N) is 1. The molecule has 0 amide bonds. The summed E-state index contributed by atoms with van der Waals surface area (Å²) in [6.07, 6.45) is 0. The lowest BCUT2D eigenvalue weighted by Crippen LogP contribution is -2.32. The van der Waals surface area contributed by atoms with Gasteiger partial charge in [-0.1, -0.05) is 11.6 Å². The molecule has 0 spiro atoms. The Kier molecular flexibility index (Phi) is 2.08. The molecule has 1 N–H and O–H groups in total. The van der Waals surface area contributed by atoms with E-state index in [2.05, 4.69) is 5.10 Å². The van der Waals surface area contributed by atoms with E-state index in [0.717, 1.165) is 5.69 Å². The molecule has 1 rings (SSSR count). The molecule has 68 valence electrons. The van der Waals surface area contributed by atoms with E-state index in [-0.39, 0.29) is 16.1 Å². The third kappa shape index (κ3) is 1.41. The second-order valence-electron chi connectivity index (χ2n) is 3.86. The van der Waals surface area contributed by atoms with Gasteiger partial charge in [-0.15, -0.1) is 0 Å². The molecule has 0 aromatic carbocycles. The van der Waals surface area contributed by atoms with Crippen molar-refractivity contribution < 1.29 is 0 Å². The van der Waals surface area contributed by atoms with Crippen molar-refractivity contribution in [3.8, 4) is 0 Å². The predicted molar refractivity (Wildman–Crippen MR) is 49.8 cm³/mol. The van der Waals surface area contributed by atoms with Gasteiger partial charge in [-0.25, -0.2) is 4.68 Å². The molecule has 0 fully saturated rings. The first kappa shape index (κ1) is 9.39. The fraction of sp³-hybridized carbons (Fsp3) is 0.625. The van der Waals surface area contributed by atoms with Crippen LogP contribution in [0.15, 0.2) is 4.79 Å². The SMILES string of the molecule is Cc1[nH]n(C(C)(C)C)c(=O)c1Cl. The Morgan fingerprint density at radius 1 is 1.42 bits per heavy atom. The van der Waals surface area contributed by atoms with E-state index < -0.39 is 0 Å². The second-order valence-corrected chi connectivity index (χ2v) is 4.24. The molecule has 1 aromatic heterocycles. The van der Waals surface area contributed by atoms with Gasteiger partial charge in [-0.05, 0) is 27.7 Å². The molecule has 12 heavy (non-hydrogen) atoms. The minimum Gasteiger partial charge on any atom is -0.298 e. The number of hydrogen-bond acceptors (Lipinski definition) is 1. The minimum absolute atomic E-state index is 0.151. The van der Waals surface area contributed by atoms with E-state index in [4.69, 9.17) is 11.6 Å². The van der Waals surface area contributed by atoms with E-state index in [1.807, 2.05) is 20.8 Å². The third-order valence-corrected chi connectivity index (χ3v) is 2.12. The Bertz CT molecular complexity index is 343. The summed E-state index contributed by atoms with van der Waals surface area (Å²) >= 11 is 5.74. The van der Waals surface area contributed by atoms with Crippen LogP contribution in [0.4, 0.5) is 0 Å². The highest BCUT2D eigenvalue weighted by Crippen LogP contribution is 2.13. The van der Waals surface area contributed by atoms with Crippen LogP contribution in [-0.4, -0.2) is 9.78 Å². The van der Waals surface area contributed by atoms with Crippen molar-refractivity contribution in [2.75, 3.05) is 0 Å². The topological polar surface area (TPSA) is 37.8 Å². The zero-order chi connectivity index (χ0) is 9.52. The molecule has 0 aliphatic heterocycles. The summed E-state index contributed by atoms with van der Waals surface area (Å²) in [5.41, 5.74) is 0.327. The molecule has 0 radical (unpaired) electrons. The zero-order valence-electron chi connectivity index (χ0n) is 7.73. The number of nitrogens with one attached hydrogen (secondary N) is 1. The van der Waals surface area contributed by atoms with Gasteiger partial charge >= 0.3 is 0 Å². The van der Waals surface area contributed by atoms with E-state index in [1.54, 1.807) is 6.92 Å². The van der Waals surface area contributed by atoms with Crippen LogP contribution >= 0.6 is 11.6 Å². The van der Waals surface area contributed by atoms with Gasteiger partial charge in [0.2, 0.25) is 0 Å². The van der Waals surface area contributed by atoms with E-state index in [9.17, 15) is 4.79 Å². The maximum absolute atomic E-state index is 11.4. The first-order valence-electron chi connectivity index (χ1n) is 3.81. The van der Waals surface area contributed by atoms with Crippen LogP contribution in [0.25, 0.3) is 0 Å². The molecule has 0 aliphatic rings. The molecule has 0 saturated carbocycles. The molecule has 0 aliphatic carbocycles. The standard InChI is InChI=1S/C8H13ClN2O/c1-5-6(9)7(12)11(10-5)8(2,3)4/h10H,1-4H3. The molecule has 0 atom stereocenters. The molecule has 0 bridgehead atoms. The van der Waals surface area contributed by atoms with Crippen molar-refractivity contribution in [1.29, 1.82) is 0 Å². The molecule has 1 aromatic rings. The molecule has 0 saturated heterocycles. The monoisotopic (exact) mass is 188 g/mol. The number of aryl methyl sites for hydroxylation is 1. The van der Waals surface area contributed by atoms with Gasteiger partial charge in [0.05, 0.1) is 11.2 Å². The predicted octanol–water partition coefficient (Wildman–Crippen LogP) is 1.89.